The third-order valence-electron chi connectivity index (χ3n) is 3.89. The first-order valence-corrected chi connectivity index (χ1v) is 8.45. The fourth-order valence-corrected chi connectivity index (χ4v) is 3.25. The lowest BCUT2D eigenvalue weighted by atomic mass is 9.99. The molecule has 1 heterocycles. The molecule has 4 aromatic rings. The van der Waals surface area contributed by atoms with Crippen LogP contribution in [-0.2, 0) is 0 Å². The molecular formula is C20H14BrN3. The molecule has 0 spiro atoms. The highest BCUT2D eigenvalue weighted by molar-refractivity contribution is 9.10. The highest BCUT2D eigenvalue weighted by Crippen LogP contribution is 2.33. The average Bonchev–Trinajstić information content (AvgIpc) is 3.04. The Labute approximate surface area is 148 Å². The summed E-state index contributed by atoms with van der Waals surface area (Å²) in [6.45, 7) is 0. The molecule has 4 heteroatoms. The lowest BCUT2D eigenvalue weighted by Crippen LogP contribution is -1.99. The predicted octanol–water partition coefficient (Wildman–Crippen LogP) is 5.36. The van der Waals surface area contributed by atoms with E-state index in [1.165, 1.54) is 0 Å². The van der Waals surface area contributed by atoms with Crippen molar-refractivity contribution in [2.24, 2.45) is 0 Å². The van der Waals surface area contributed by atoms with Gasteiger partial charge in [0.15, 0.2) is 5.82 Å². The van der Waals surface area contributed by atoms with Crippen LogP contribution in [0.5, 0.6) is 0 Å². The Balaban J connectivity index is 1.94. The first-order chi connectivity index (χ1) is 11.8. The summed E-state index contributed by atoms with van der Waals surface area (Å²) in [5.41, 5.74) is 4.36. The largest absolute Gasteiger partial charge is 0.270 e. The molecule has 0 atom stereocenters. The van der Waals surface area contributed by atoms with Gasteiger partial charge in [0.2, 0.25) is 4.73 Å². The van der Waals surface area contributed by atoms with Crippen molar-refractivity contribution < 1.29 is 0 Å². The van der Waals surface area contributed by atoms with E-state index in [2.05, 4.69) is 50.4 Å². The van der Waals surface area contributed by atoms with Crippen molar-refractivity contribution in [3.05, 3.63) is 89.7 Å². The highest BCUT2D eigenvalue weighted by Gasteiger charge is 2.17. The van der Waals surface area contributed by atoms with E-state index >= 15 is 0 Å². The van der Waals surface area contributed by atoms with Crippen LogP contribution < -0.4 is 0 Å². The van der Waals surface area contributed by atoms with E-state index in [4.69, 9.17) is 0 Å². The van der Waals surface area contributed by atoms with Crippen molar-refractivity contribution in [1.29, 1.82) is 0 Å². The fourth-order valence-electron chi connectivity index (χ4n) is 2.79. The van der Waals surface area contributed by atoms with Gasteiger partial charge in [-0.05, 0) is 39.2 Å². The van der Waals surface area contributed by atoms with Gasteiger partial charge in [0.25, 0.3) is 0 Å². The quantitative estimate of drug-likeness (QED) is 0.482. The van der Waals surface area contributed by atoms with E-state index in [9.17, 15) is 0 Å². The minimum absolute atomic E-state index is 0.687. The monoisotopic (exact) mass is 375 g/mol. The zero-order valence-electron chi connectivity index (χ0n) is 12.8. The maximum absolute atomic E-state index is 4.41. The lowest BCUT2D eigenvalue weighted by Gasteiger charge is -2.12. The van der Waals surface area contributed by atoms with Crippen LogP contribution in [0.3, 0.4) is 0 Å². The van der Waals surface area contributed by atoms with Gasteiger partial charge in [-0.3, -0.25) is 4.57 Å². The van der Waals surface area contributed by atoms with Gasteiger partial charge in [-0.15, -0.1) is 10.2 Å². The number of para-hydroxylation sites is 1. The molecule has 0 aliphatic carbocycles. The summed E-state index contributed by atoms with van der Waals surface area (Å²) in [4.78, 5) is 0. The Morgan fingerprint density at radius 2 is 1.21 bits per heavy atom. The standard InChI is InChI=1S/C20H14BrN3/c21-20-23-22-19(24(20)16-11-5-2-6-12-16)18-14-8-7-13-17(18)15-9-3-1-4-10-15/h1-14H. The molecule has 3 aromatic carbocycles. The minimum atomic E-state index is 0.687. The van der Waals surface area contributed by atoms with Gasteiger partial charge in [-0.1, -0.05) is 72.8 Å². The maximum atomic E-state index is 4.41. The predicted molar refractivity (Wildman–Crippen MR) is 99.9 cm³/mol. The molecule has 24 heavy (non-hydrogen) atoms. The molecule has 4 rings (SSSR count). The summed E-state index contributed by atoms with van der Waals surface area (Å²) in [6.07, 6.45) is 0. The van der Waals surface area contributed by atoms with Crippen LogP contribution in [0.1, 0.15) is 0 Å². The number of hydrogen-bond acceptors (Lipinski definition) is 2. The van der Waals surface area contributed by atoms with Crippen molar-refractivity contribution in [3.8, 4) is 28.2 Å². The number of hydrogen-bond donors (Lipinski definition) is 0. The molecule has 1 aromatic heterocycles. The molecule has 3 nitrogen and oxygen atoms in total. The van der Waals surface area contributed by atoms with Crippen LogP contribution in [-0.4, -0.2) is 14.8 Å². The number of benzene rings is 3. The number of nitrogens with zero attached hydrogens (tertiary/aromatic N) is 3. The van der Waals surface area contributed by atoms with Crippen LogP contribution in [0, 0.1) is 0 Å². The van der Waals surface area contributed by atoms with E-state index in [1.807, 2.05) is 65.2 Å². The van der Waals surface area contributed by atoms with Crippen molar-refractivity contribution in [3.63, 3.8) is 0 Å². The molecule has 116 valence electrons. The molecule has 0 N–H and O–H groups in total. The number of aromatic nitrogens is 3. The van der Waals surface area contributed by atoms with Gasteiger partial charge in [-0.2, -0.15) is 0 Å². The Morgan fingerprint density at radius 3 is 1.92 bits per heavy atom. The zero-order chi connectivity index (χ0) is 16.4. The molecular weight excluding hydrogens is 362 g/mol. The summed E-state index contributed by atoms with van der Waals surface area (Å²) >= 11 is 3.52. The molecule has 0 saturated heterocycles. The summed E-state index contributed by atoms with van der Waals surface area (Å²) in [7, 11) is 0. The van der Waals surface area contributed by atoms with Crippen molar-refractivity contribution >= 4 is 15.9 Å². The van der Waals surface area contributed by atoms with E-state index in [0.717, 1.165) is 28.2 Å². The van der Waals surface area contributed by atoms with Gasteiger partial charge >= 0.3 is 0 Å². The average molecular weight is 376 g/mol. The van der Waals surface area contributed by atoms with Crippen molar-refractivity contribution in [1.82, 2.24) is 14.8 Å². The summed E-state index contributed by atoms with van der Waals surface area (Å²) in [5.74, 6) is 0.813. The minimum Gasteiger partial charge on any atom is -0.270 e. The summed E-state index contributed by atoms with van der Waals surface area (Å²) in [6, 6.07) is 28.7. The molecule has 0 aliphatic heterocycles. The Hall–Kier alpha value is -2.72. The van der Waals surface area contributed by atoms with Gasteiger partial charge < -0.3 is 0 Å². The van der Waals surface area contributed by atoms with E-state index < -0.39 is 0 Å². The number of rotatable bonds is 3. The topological polar surface area (TPSA) is 30.7 Å². The van der Waals surface area contributed by atoms with Crippen LogP contribution in [0.2, 0.25) is 0 Å². The normalized spacial score (nSPS) is 10.7. The second-order valence-electron chi connectivity index (χ2n) is 5.38. The van der Waals surface area contributed by atoms with Crippen molar-refractivity contribution in [2.45, 2.75) is 0 Å². The molecule has 0 aliphatic rings. The first-order valence-electron chi connectivity index (χ1n) is 7.66. The maximum Gasteiger partial charge on any atom is 0.205 e. The highest BCUT2D eigenvalue weighted by atomic mass is 79.9. The Bertz CT molecular complexity index is 963. The van der Waals surface area contributed by atoms with Crippen LogP contribution in [0.4, 0.5) is 0 Å². The van der Waals surface area contributed by atoms with Gasteiger partial charge in [-0.25, -0.2) is 0 Å². The Morgan fingerprint density at radius 1 is 0.625 bits per heavy atom. The van der Waals surface area contributed by atoms with Crippen LogP contribution >= 0.6 is 15.9 Å². The SMILES string of the molecule is Brc1nnc(-c2ccccc2-c2ccccc2)n1-c1ccccc1. The Kier molecular flexibility index (Phi) is 3.97. The fraction of sp³-hybridized carbons (Fsp3) is 0. The van der Waals surface area contributed by atoms with Gasteiger partial charge in [0.05, 0.1) is 0 Å². The molecule has 0 unspecified atom stereocenters. The lowest BCUT2D eigenvalue weighted by molar-refractivity contribution is 1.02. The van der Waals surface area contributed by atoms with E-state index in [0.29, 0.717) is 4.73 Å². The molecule has 0 amide bonds. The first kappa shape index (κ1) is 14.8. The zero-order valence-corrected chi connectivity index (χ0v) is 14.4. The summed E-state index contributed by atoms with van der Waals surface area (Å²) < 4.78 is 2.70. The molecule has 0 fully saturated rings. The smallest absolute Gasteiger partial charge is 0.205 e. The summed E-state index contributed by atoms with van der Waals surface area (Å²) in [5, 5.41) is 8.65. The van der Waals surface area contributed by atoms with Gasteiger partial charge in [0.1, 0.15) is 0 Å². The third kappa shape index (κ3) is 2.65. The molecule has 0 radical (unpaired) electrons. The van der Waals surface area contributed by atoms with Crippen molar-refractivity contribution in [2.75, 3.05) is 0 Å². The second kappa shape index (κ2) is 6.42. The van der Waals surface area contributed by atoms with Gasteiger partial charge in [0, 0.05) is 11.3 Å². The molecule has 0 saturated carbocycles. The second-order valence-corrected chi connectivity index (χ2v) is 6.08. The van der Waals surface area contributed by atoms with E-state index in [1.54, 1.807) is 0 Å². The third-order valence-corrected chi connectivity index (χ3v) is 4.40. The van der Waals surface area contributed by atoms with Crippen LogP contribution in [0.25, 0.3) is 28.2 Å². The molecule has 0 bridgehead atoms. The van der Waals surface area contributed by atoms with E-state index in [-0.39, 0.29) is 0 Å². The number of halogens is 1. The van der Waals surface area contributed by atoms with Crippen LogP contribution in [0.15, 0.2) is 89.7 Å².